The topological polar surface area (TPSA) is 69.8 Å². The van der Waals surface area contributed by atoms with E-state index in [0.717, 1.165) is 36.3 Å². The molecule has 1 aliphatic heterocycles. The van der Waals surface area contributed by atoms with Gasteiger partial charge in [-0.1, -0.05) is 0 Å². The van der Waals surface area contributed by atoms with Crippen molar-refractivity contribution in [1.29, 1.82) is 0 Å². The van der Waals surface area contributed by atoms with Gasteiger partial charge >= 0.3 is 0 Å². The molecule has 0 aromatic heterocycles. The number of anilines is 1. The Labute approximate surface area is 126 Å². The number of hydrogen-bond acceptors (Lipinski definition) is 5. The molecule has 1 aromatic carbocycles. The molecular weight excluding hydrogens is 326 g/mol. The van der Waals surface area contributed by atoms with Gasteiger partial charge in [0.1, 0.15) is 0 Å². The zero-order valence-electron chi connectivity index (χ0n) is 11.4. The van der Waals surface area contributed by atoms with Crippen molar-refractivity contribution in [2.75, 3.05) is 44.2 Å². The monoisotopic (exact) mass is 343 g/mol. The van der Waals surface area contributed by atoms with Crippen molar-refractivity contribution in [1.82, 2.24) is 4.90 Å². The standard InChI is InChI=1S/C13H18BrN3O3/c1-10-8-13(11(14)9-12(10)17(19)20)16-4-2-15(3-5-16)6-7-18/h8-9,18H,2-7H2,1H3. The van der Waals surface area contributed by atoms with E-state index in [1.54, 1.807) is 13.0 Å². The van der Waals surface area contributed by atoms with E-state index in [9.17, 15) is 10.1 Å². The van der Waals surface area contributed by atoms with Crippen LogP contribution in [0, 0.1) is 17.0 Å². The molecular formula is C13H18BrN3O3. The van der Waals surface area contributed by atoms with Crippen LogP contribution in [0.1, 0.15) is 5.56 Å². The summed E-state index contributed by atoms with van der Waals surface area (Å²) in [4.78, 5) is 15.0. The minimum Gasteiger partial charge on any atom is -0.395 e. The number of benzene rings is 1. The molecule has 1 N–H and O–H groups in total. The van der Waals surface area contributed by atoms with Crippen LogP contribution in [-0.2, 0) is 0 Å². The van der Waals surface area contributed by atoms with Crippen LogP contribution in [0.5, 0.6) is 0 Å². The second-order valence-electron chi connectivity index (χ2n) is 4.90. The molecule has 0 spiro atoms. The Morgan fingerprint density at radius 3 is 2.55 bits per heavy atom. The predicted molar refractivity (Wildman–Crippen MR) is 81.3 cm³/mol. The maximum atomic E-state index is 10.9. The third-order valence-corrected chi connectivity index (χ3v) is 4.23. The summed E-state index contributed by atoms with van der Waals surface area (Å²) in [5.74, 6) is 0. The van der Waals surface area contributed by atoms with Gasteiger partial charge in [-0.3, -0.25) is 15.0 Å². The van der Waals surface area contributed by atoms with Gasteiger partial charge in [-0.15, -0.1) is 0 Å². The number of nitro benzene ring substituents is 1. The highest BCUT2D eigenvalue weighted by Gasteiger charge is 2.21. The summed E-state index contributed by atoms with van der Waals surface area (Å²) < 4.78 is 0.755. The Hall–Kier alpha value is -1.18. The second-order valence-corrected chi connectivity index (χ2v) is 5.75. The van der Waals surface area contributed by atoms with Crippen LogP contribution in [0.3, 0.4) is 0 Å². The highest BCUT2D eigenvalue weighted by Crippen LogP contribution is 2.33. The van der Waals surface area contributed by atoms with Gasteiger partial charge in [0.15, 0.2) is 0 Å². The number of nitro groups is 1. The Morgan fingerprint density at radius 2 is 2.00 bits per heavy atom. The number of nitrogens with zero attached hydrogens (tertiary/aromatic N) is 3. The van der Waals surface area contributed by atoms with E-state index in [1.807, 2.05) is 6.07 Å². The smallest absolute Gasteiger partial charge is 0.273 e. The molecule has 0 saturated carbocycles. The molecule has 0 bridgehead atoms. The third-order valence-electron chi connectivity index (χ3n) is 3.59. The fourth-order valence-electron chi connectivity index (χ4n) is 2.45. The predicted octanol–water partition coefficient (Wildman–Crippen LogP) is 1.78. The Bertz CT molecular complexity index is 502. The summed E-state index contributed by atoms with van der Waals surface area (Å²) in [7, 11) is 0. The number of halogens is 1. The van der Waals surface area contributed by atoms with E-state index in [2.05, 4.69) is 25.7 Å². The van der Waals surface area contributed by atoms with Crippen LogP contribution in [0.4, 0.5) is 11.4 Å². The summed E-state index contributed by atoms with van der Waals surface area (Å²) in [6, 6.07) is 3.44. The molecule has 7 heteroatoms. The SMILES string of the molecule is Cc1cc(N2CCN(CCO)CC2)c(Br)cc1[N+](=O)[O-]. The Balaban J connectivity index is 2.14. The number of β-amino-alcohol motifs (C(OH)–C–C–N with tert-alkyl or cyclic N) is 1. The quantitative estimate of drug-likeness (QED) is 0.666. The van der Waals surface area contributed by atoms with Gasteiger partial charge in [0.05, 0.1) is 17.2 Å². The molecule has 20 heavy (non-hydrogen) atoms. The van der Waals surface area contributed by atoms with Crippen molar-refractivity contribution < 1.29 is 10.0 Å². The molecule has 0 unspecified atom stereocenters. The molecule has 0 aliphatic carbocycles. The number of aliphatic hydroxyl groups is 1. The van der Waals surface area contributed by atoms with Gasteiger partial charge in [-0.2, -0.15) is 0 Å². The molecule has 110 valence electrons. The van der Waals surface area contributed by atoms with Crippen LogP contribution in [0.25, 0.3) is 0 Å². The first-order chi connectivity index (χ1) is 9.52. The Morgan fingerprint density at radius 1 is 1.35 bits per heavy atom. The molecule has 1 aliphatic rings. The first-order valence-electron chi connectivity index (χ1n) is 6.55. The van der Waals surface area contributed by atoms with Crippen LogP contribution in [0.2, 0.25) is 0 Å². The van der Waals surface area contributed by atoms with E-state index >= 15 is 0 Å². The molecule has 0 atom stereocenters. The lowest BCUT2D eigenvalue weighted by molar-refractivity contribution is -0.385. The minimum atomic E-state index is -0.358. The number of rotatable bonds is 4. The molecule has 1 aromatic rings. The number of aryl methyl sites for hydroxylation is 1. The normalized spacial score (nSPS) is 16.4. The number of piperazine rings is 1. The van der Waals surface area contributed by atoms with Gasteiger partial charge in [-0.05, 0) is 28.9 Å². The third kappa shape index (κ3) is 3.28. The lowest BCUT2D eigenvalue weighted by atomic mass is 10.1. The van der Waals surface area contributed by atoms with Crippen molar-refractivity contribution in [3.63, 3.8) is 0 Å². The van der Waals surface area contributed by atoms with Gasteiger partial charge in [0.2, 0.25) is 0 Å². The van der Waals surface area contributed by atoms with Crippen molar-refractivity contribution in [3.8, 4) is 0 Å². The van der Waals surface area contributed by atoms with Crippen molar-refractivity contribution in [2.45, 2.75) is 6.92 Å². The summed E-state index contributed by atoms with van der Waals surface area (Å²) >= 11 is 3.43. The molecule has 1 heterocycles. The van der Waals surface area contributed by atoms with Crippen molar-refractivity contribution in [3.05, 3.63) is 32.3 Å². The summed E-state index contributed by atoms with van der Waals surface area (Å²) in [5.41, 5.74) is 1.81. The first-order valence-corrected chi connectivity index (χ1v) is 7.35. The van der Waals surface area contributed by atoms with Crippen LogP contribution >= 0.6 is 15.9 Å². The molecule has 1 saturated heterocycles. The van der Waals surface area contributed by atoms with Crippen LogP contribution in [-0.4, -0.2) is 54.3 Å². The summed E-state index contributed by atoms with van der Waals surface area (Å²) in [6.07, 6.45) is 0. The van der Waals surface area contributed by atoms with Gasteiger partial charge in [-0.25, -0.2) is 0 Å². The van der Waals surface area contributed by atoms with Gasteiger partial charge < -0.3 is 10.0 Å². The van der Waals surface area contributed by atoms with Crippen molar-refractivity contribution in [2.24, 2.45) is 0 Å². The average molecular weight is 344 g/mol. The van der Waals surface area contributed by atoms with Crippen molar-refractivity contribution >= 4 is 27.3 Å². The summed E-state index contributed by atoms with van der Waals surface area (Å²) in [5, 5.41) is 19.9. The van der Waals surface area contributed by atoms with Gasteiger partial charge in [0.25, 0.3) is 5.69 Å². The van der Waals surface area contributed by atoms with Crippen LogP contribution in [0.15, 0.2) is 16.6 Å². The van der Waals surface area contributed by atoms with E-state index in [-0.39, 0.29) is 17.2 Å². The maximum Gasteiger partial charge on any atom is 0.273 e. The Kier molecular flexibility index (Phi) is 4.95. The summed E-state index contributed by atoms with van der Waals surface area (Å²) in [6.45, 7) is 6.14. The van der Waals surface area contributed by atoms with E-state index in [0.29, 0.717) is 12.1 Å². The lowest BCUT2D eigenvalue weighted by Gasteiger charge is -2.36. The first kappa shape index (κ1) is 15.2. The minimum absolute atomic E-state index is 0.138. The van der Waals surface area contributed by atoms with E-state index in [4.69, 9.17) is 5.11 Å². The lowest BCUT2D eigenvalue weighted by Crippen LogP contribution is -2.47. The molecule has 1 fully saturated rings. The average Bonchev–Trinajstić information content (AvgIpc) is 2.42. The van der Waals surface area contributed by atoms with E-state index in [1.165, 1.54) is 0 Å². The molecule has 6 nitrogen and oxygen atoms in total. The largest absolute Gasteiger partial charge is 0.395 e. The maximum absolute atomic E-state index is 10.9. The van der Waals surface area contributed by atoms with Gasteiger partial charge in [0, 0.05) is 48.8 Å². The highest BCUT2D eigenvalue weighted by atomic mass is 79.9. The zero-order chi connectivity index (χ0) is 14.7. The zero-order valence-corrected chi connectivity index (χ0v) is 13.0. The second kappa shape index (κ2) is 6.51. The number of hydrogen-bond donors (Lipinski definition) is 1. The molecule has 2 rings (SSSR count). The molecule has 0 amide bonds. The highest BCUT2D eigenvalue weighted by molar-refractivity contribution is 9.10. The number of aliphatic hydroxyl groups excluding tert-OH is 1. The molecule has 0 radical (unpaired) electrons. The fourth-order valence-corrected chi connectivity index (χ4v) is 3.03. The van der Waals surface area contributed by atoms with Crippen LogP contribution < -0.4 is 4.90 Å². The van der Waals surface area contributed by atoms with E-state index < -0.39 is 0 Å². The fraction of sp³-hybridized carbons (Fsp3) is 0.538.